The van der Waals surface area contributed by atoms with Crippen molar-refractivity contribution in [2.24, 2.45) is 0 Å². The molecule has 0 radical (unpaired) electrons. The van der Waals surface area contributed by atoms with Crippen LogP contribution in [0.2, 0.25) is 0 Å². The van der Waals surface area contributed by atoms with Gasteiger partial charge in [-0.15, -0.1) is 0 Å². The lowest BCUT2D eigenvalue weighted by Gasteiger charge is -2.09. The Balaban J connectivity index is 2.41. The van der Waals surface area contributed by atoms with Crippen LogP contribution in [0.25, 0.3) is 11.5 Å². The van der Waals surface area contributed by atoms with E-state index in [0.29, 0.717) is 23.5 Å². The maximum Gasteiger partial charge on any atom is 0.265 e. The molecule has 108 valence electrons. The van der Waals surface area contributed by atoms with Gasteiger partial charge >= 0.3 is 0 Å². The molecular weight excluding hydrogens is 260 g/mol. The summed E-state index contributed by atoms with van der Waals surface area (Å²) in [5.74, 6) is 1.69. The molecule has 6 nitrogen and oxygen atoms in total. The van der Waals surface area contributed by atoms with E-state index in [1.807, 2.05) is 13.0 Å². The third-order valence-corrected chi connectivity index (χ3v) is 2.94. The van der Waals surface area contributed by atoms with Crippen LogP contribution >= 0.6 is 0 Å². The number of methoxy groups -OCH3 is 2. The van der Waals surface area contributed by atoms with E-state index in [4.69, 9.17) is 14.0 Å². The maximum absolute atomic E-state index is 9.89. The number of aliphatic hydroxyl groups excluding tert-OH is 1. The predicted octanol–water partition coefficient (Wildman–Crippen LogP) is 2.59. The molecule has 0 aliphatic heterocycles. The number of aromatic nitrogens is 2. The Morgan fingerprint density at radius 3 is 2.45 bits per heavy atom. The number of ether oxygens (including phenoxy) is 2. The predicted molar refractivity (Wildman–Crippen MR) is 72.7 cm³/mol. The number of hydrogen-bond acceptors (Lipinski definition) is 6. The van der Waals surface area contributed by atoms with Gasteiger partial charge < -0.3 is 19.1 Å². The van der Waals surface area contributed by atoms with Gasteiger partial charge in [0.05, 0.1) is 14.2 Å². The number of rotatable bonds is 6. The molecule has 1 aromatic heterocycles. The highest BCUT2D eigenvalue weighted by molar-refractivity contribution is 5.70. The molecule has 1 N–H and O–H groups in total. The van der Waals surface area contributed by atoms with Crippen LogP contribution in [0.5, 0.6) is 11.5 Å². The molecule has 0 aliphatic rings. The van der Waals surface area contributed by atoms with E-state index in [-0.39, 0.29) is 11.7 Å². The summed E-state index contributed by atoms with van der Waals surface area (Å²) in [5.41, 5.74) is 0.583. The summed E-state index contributed by atoms with van der Waals surface area (Å²) in [6, 6.07) is 5.37. The molecule has 20 heavy (non-hydrogen) atoms. The van der Waals surface area contributed by atoms with Crippen molar-refractivity contribution in [2.45, 2.75) is 25.9 Å². The van der Waals surface area contributed by atoms with Gasteiger partial charge in [-0.25, -0.2) is 0 Å². The Morgan fingerprint density at radius 2 is 1.90 bits per heavy atom. The average molecular weight is 278 g/mol. The first kappa shape index (κ1) is 14.3. The Bertz CT molecular complexity index is 546. The van der Waals surface area contributed by atoms with Crippen LogP contribution in [0.3, 0.4) is 0 Å². The largest absolute Gasteiger partial charge is 0.496 e. The lowest BCUT2D eigenvalue weighted by Crippen LogP contribution is -1.99. The zero-order valence-corrected chi connectivity index (χ0v) is 11.8. The quantitative estimate of drug-likeness (QED) is 0.875. The summed E-state index contributed by atoms with van der Waals surface area (Å²) in [7, 11) is 3.11. The van der Waals surface area contributed by atoms with Gasteiger partial charge in [0.15, 0.2) is 0 Å². The molecule has 1 atom stereocenters. The molecular formula is C14H18N2O4. The van der Waals surface area contributed by atoms with E-state index in [2.05, 4.69) is 10.1 Å². The summed E-state index contributed by atoms with van der Waals surface area (Å²) >= 11 is 0. The summed E-state index contributed by atoms with van der Waals surface area (Å²) in [6.07, 6.45) is 0.698. The van der Waals surface area contributed by atoms with E-state index >= 15 is 0 Å². The maximum atomic E-state index is 9.89. The van der Waals surface area contributed by atoms with Gasteiger partial charge in [0.25, 0.3) is 5.89 Å². The van der Waals surface area contributed by atoms with E-state index in [0.717, 1.165) is 6.42 Å². The Hall–Kier alpha value is -2.08. The minimum Gasteiger partial charge on any atom is -0.496 e. The highest BCUT2D eigenvalue weighted by Crippen LogP contribution is 2.37. The van der Waals surface area contributed by atoms with Crippen LogP contribution < -0.4 is 9.47 Å². The Morgan fingerprint density at radius 1 is 1.25 bits per heavy atom. The van der Waals surface area contributed by atoms with Crippen molar-refractivity contribution in [1.29, 1.82) is 0 Å². The highest BCUT2D eigenvalue weighted by Gasteiger charge is 2.21. The van der Waals surface area contributed by atoms with Gasteiger partial charge in [0.1, 0.15) is 23.2 Å². The topological polar surface area (TPSA) is 77.6 Å². The number of nitrogens with zero attached hydrogens (tertiary/aromatic N) is 2. The van der Waals surface area contributed by atoms with E-state index < -0.39 is 6.10 Å². The second-order valence-electron chi connectivity index (χ2n) is 4.30. The van der Waals surface area contributed by atoms with Crippen molar-refractivity contribution in [3.8, 4) is 23.0 Å². The minimum atomic E-state index is -0.724. The highest BCUT2D eigenvalue weighted by atomic mass is 16.5. The lowest BCUT2D eigenvalue weighted by atomic mass is 10.1. The smallest absolute Gasteiger partial charge is 0.265 e. The van der Waals surface area contributed by atoms with Gasteiger partial charge in [-0.1, -0.05) is 24.6 Å². The molecule has 1 heterocycles. The van der Waals surface area contributed by atoms with Crippen LogP contribution in [0.4, 0.5) is 0 Å². The summed E-state index contributed by atoms with van der Waals surface area (Å²) < 4.78 is 15.8. The summed E-state index contributed by atoms with van der Waals surface area (Å²) in [5, 5.41) is 13.7. The molecule has 0 spiro atoms. The molecule has 0 saturated heterocycles. The summed E-state index contributed by atoms with van der Waals surface area (Å²) in [4.78, 5) is 4.23. The number of hydrogen-bond donors (Lipinski definition) is 1. The van der Waals surface area contributed by atoms with Crippen molar-refractivity contribution >= 4 is 0 Å². The molecule has 0 bridgehead atoms. The first-order valence-corrected chi connectivity index (χ1v) is 6.44. The molecule has 2 rings (SSSR count). The lowest BCUT2D eigenvalue weighted by molar-refractivity contribution is 0.153. The third kappa shape index (κ3) is 2.75. The number of benzene rings is 1. The van der Waals surface area contributed by atoms with E-state index in [9.17, 15) is 5.11 Å². The van der Waals surface area contributed by atoms with Crippen molar-refractivity contribution in [1.82, 2.24) is 10.1 Å². The van der Waals surface area contributed by atoms with Gasteiger partial charge in [0.2, 0.25) is 5.82 Å². The standard InChI is InChI=1S/C14H18N2O4/c1-4-6-9(17)13-15-14(20-16-13)12-10(18-2)7-5-8-11(12)19-3/h5,7-9,17H,4,6H2,1-3H3. The molecule has 0 amide bonds. The monoisotopic (exact) mass is 278 g/mol. The molecule has 2 aromatic rings. The molecule has 0 saturated carbocycles. The van der Waals surface area contributed by atoms with Crippen LogP contribution in [-0.2, 0) is 0 Å². The fourth-order valence-electron chi connectivity index (χ4n) is 1.94. The SMILES string of the molecule is CCCC(O)c1noc(-c2c(OC)cccc2OC)n1. The van der Waals surface area contributed by atoms with Gasteiger partial charge in [0, 0.05) is 0 Å². The molecule has 1 unspecified atom stereocenters. The molecule has 0 fully saturated rings. The zero-order chi connectivity index (χ0) is 14.5. The minimum absolute atomic E-state index is 0.268. The van der Waals surface area contributed by atoms with Crippen molar-refractivity contribution in [2.75, 3.05) is 14.2 Å². The van der Waals surface area contributed by atoms with E-state index in [1.165, 1.54) is 0 Å². The van der Waals surface area contributed by atoms with Gasteiger partial charge in [-0.2, -0.15) is 4.98 Å². The second kappa shape index (κ2) is 6.38. The average Bonchev–Trinajstić information content (AvgIpc) is 2.96. The molecule has 1 aromatic carbocycles. The van der Waals surface area contributed by atoms with E-state index in [1.54, 1.807) is 26.4 Å². The van der Waals surface area contributed by atoms with Gasteiger partial charge in [-0.3, -0.25) is 0 Å². The van der Waals surface area contributed by atoms with Crippen molar-refractivity contribution in [3.63, 3.8) is 0 Å². The van der Waals surface area contributed by atoms with Crippen molar-refractivity contribution in [3.05, 3.63) is 24.0 Å². The Kier molecular flexibility index (Phi) is 4.57. The third-order valence-electron chi connectivity index (χ3n) is 2.94. The second-order valence-corrected chi connectivity index (χ2v) is 4.30. The van der Waals surface area contributed by atoms with Crippen molar-refractivity contribution < 1.29 is 19.1 Å². The van der Waals surface area contributed by atoms with Crippen LogP contribution in [0.1, 0.15) is 31.7 Å². The first-order chi connectivity index (χ1) is 9.71. The normalized spacial score (nSPS) is 12.2. The fraction of sp³-hybridized carbons (Fsp3) is 0.429. The zero-order valence-electron chi connectivity index (χ0n) is 11.8. The first-order valence-electron chi connectivity index (χ1n) is 6.44. The number of aliphatic hydroxyl groups is 1. The Labute approximate surface area is 117 Å². The van der Waals surface area contributed by atoms with Gasteiger partial charge in [-0.05, 0) is 18.6 Å². The van der Waals surface area contributed by atoms with Crippen LogP contribution in [0.15, 0.2) is 22.7 Å². The van der Waals surface area contributed by atoms with Crippen LogP contribution in [0, 0.1) is 0 Å². The molecule has 6 heteroatoms. The molecule has 0 aliphatic carbocycles. The van der Waals surface area contributed by atoms with Crippen LogP contribution in [-0.4, -0.2) is 29.5 Å². The fourth-order valence-corrected chi connectivity index (χ4v) is 1.94. The summed E-state index contributed by atoms with van der Waals surface area (Å²) in [6.45, 7) is 1.98.